The third-order valence-electron chi connectivity index (χ3n) is 11.4. The highest BCUT2D eigenvalue weighted by Crippen LogP contribution is 2.15. The van der Waals surface area contributed by atoms with E-state index in [1.54, 1.807) is 0 Å². The first-order chi connectivity index (χ1) is 32.0. The van der Waals surface area contributed by atoms with E-state index >= 15 is 0 Å². The quantitative estimate of drug-likeness (QED) is 0.0262. The third-order valence-corrected chi connectivity index (χ3v) is 11.4. The number of allylic oxidation sites excluding steroid dienone is 14. The Bertz CT molecular complexity index is 1270. The van der Waals surface area contributed by atoms with Crippen molar-refractivity contribution in [2.75, 3.05) is 13.2 Å². The number of carbonyl (C=O) groups is 3. The molecule has 0 bridgehead atoms. The van der Waals surface area contributed by atoms with Gasteiger partial charge in [0.05, 0.1) is 0 Å². The van der Waals surface area contributed by atoms with Crippen molar-refractivity contribution in [3.63, 3.8) is 0 Å². The van der Waals surface area contributed by atoms with Crippen molar-refractivity contribution in [3.8, 4) is 0 Å². The molecule has 0 rings (SSSR count). The van der Waals surface area contributed by atoms with Gasteiger partial charge in [0.25, 0.3) is 0 Å². The molecule has 0 radical (unpaired) electrons. The number of carbonyl (C=O) groups excluding carboxylic acids is 3. The first kappa shape index (κ1) is 61.6. The topological polar surface area (TPSA) is 78.9 Å². The van der Waals surface area contributed by atoms with Gasteiger partial charge < -0.3 is 14.2 Å². The molecule has 0 aromatic heterocycles. The molecule has 0 heterocycles. The van der Waals surface area contributed by atoms with E-state index in [9.17, 15) is 14.4 Å². The van der Waals surface area contributed by atoms with Gasteiger partial charge >= 0.3 is 17.9 Å². The second kappa shape index (κ2) is 53.2. The average molecular weight is 905 g/mol. The zero-order valence-electron chi connectivity index (χ0n) is 42.5. The second-order valence-electron chi connectivity index (χ2n) is 17.8. The molecule has 0 aliphatic heterocycles. The molecule has 0 aromatic rings. The fourth-order valence-electron chi connectivity index (χ4n) is 7.32. The number of hydrogen-bond acceptors (Lipinski definition) is 6. The number of rotatable bonds is 48. The fourth-order valence-corrected chi connectivity index (χ4v) is 7.32. The standard InChI is InChI=1S/C59H100O6/c1-4-7-10-13-16-19-22-25-27-28-29-30-32-34-37-40-43-46-49-52-58(61)64-55-56(54-63-57(60)51-48-45-42-39-36-33-24-21-18-15-12-9-6-3)65-59(62)53-50-47-44-41-38-35-31-26-23-20-17-14-11-8-5-2/h7,10,16-17,19-20,25-27,29-31,34,37,56H,4-6,8-9,11-15,18,21-24,28,32-33,35-36,38-55H2,1-3H3/b10-7-,19-16-,20-17-,27-25-,30-29-,31-26-,37-34-/t56-/m1/s1. The summed E-state index contributed by atoms with van der Waals surface area (Å²) >= 11 is 0. The molecule has 65 heavy (non-hydrogen) atoms. The molecule has 0 saturated carbocycles. The zero-order valence-corrected chi connectivity index (χ0v) is 42.5. The maximum atomic E-state index is 12.8. The Morgan fingerprint density at radius 1 is 0.323 bits per heavy atom. The van der Waals surface area contributed by atoms with Gasteiger partial charge in [0.2, 0.25) is 0 Å². The van der Waals surface area contributed by atoms with E-state index in [0.717, 1.165) is 122 Å². The number of hydrogen-bond donors (Lipinski definition) is 0. The highest BCUT2D eigenvalue weighted by molar-refractivity contribution is 5.71. The molecule has 6 nitrogen and oxygen atoms in total. The van der Waals surface area contributed by atoms with E-state index in [0.29, 0.717) is 19.3 Å². The van der Waals surface area contributed by atoms with Crippen LogP contribution in [-0.4, -0.2) is 37.2 Å². The Hall–Kier alpha value is -3.41. The van der Waals surface area contributed by atoms with Gasteiger partial charge in [-0.1, -0.05) is 221 Å². The van der Waals surface area contributed by atoms with Gasteiger partial charge in [-0.3, -0.25) is 14.4 Å². The van der Waals surface area contributed by atoms with Crippen LogP contribution in [0.25, 0.3) is 0 Å². The van der Waals surface area contributed by atoms with Gasteiger partial charge in [0.15, 0.2) is 6.10 Å². The maximum absolute atomic E-state index is 12.8. The summed E-state index contributed by atoms with van der Waals surface area (Å²) < 4.78 is 16.8. The van der Waals surface area contributed by atoms with Crippen molar-refractivity contribution >= 4 is 17.9 Å². The lowest BCUT2D eigenvalue weighted by Gasteiger charge is -2.18. The van der Waals surface area contributed by atoms with Crippen molar-refractivity contribution in [2.45, 2.75) is 258 Å². The van der Waals surface area contributed by atoms with E-state index in [2.05, 4.69) is 106 Å². The van der Waals surface area contributed by atoms with Crippen LogP contribution in [-0.2, 0) is 28.6 Å². The van der Waals surface area contributed by atoms with Crippen molar-refractivity contribution < 1.29 is 28.6 Å². The Balaban J connectivity index is 4.46. The number of ether oxygens (including phenoxy) is 3. The molecule has 0 aliphatic carbocycles. The average Bonchev–Trinajstić information content (AvgIpc) is 3.30. The van der Waals surface area contributed by atoms with Gasteiger partial charge in [0.1, 0.15) is 13.2 Å². The van der Waals surface area contributed by atoms with Crippen LogP contribution in [0, 0.1) is 0 Å². The van der Waals surface area contributed by atoms with Crippen molar-refractivity contribution in [1.82, 2.24) is 0 Å². The van der Waals surface area contributed by atoms with E-state index in [1.165, 1.54) is 89.9 Å². The minimum atomic E-state index is -0.796. The molecule has 0 saturated heterocycles. The van der Waals surface area contributed by atoms with Crippen LogP contribution in [0.5, 0.6) is 0 Å². The smallest absolute Gasteiger partial charge is 0.306 e. The minimum Gasteiger partial charge on any atom is -0.462 e. The Kier molecular flexibility index (Phi) is 50.4. The Morgan fingerprint density at radius 2 is 0.600 bits per heavy atom. The summed E-state index contributed by atoms with van der Waals surface area (Å²) in [5.74, 6) is -0.936. The van der Waals surface area contributed by atoms with Crippen LogP contribution in [0.3, 0.4) is 0 Å². The summed E-state index contributed by atoms with van der Waals surface area (Å²) in [7, 11) is 0. The lowest BCUT2D eigenvalue weighted by Crippen LogP contribution is -2.30. The van der Waals surface area contributed by atoms with E-state index in [1.807, 2.05) is 0 Å². The molecule has 0 N–H and O–H groups in total. The zero-order chi connectivity index (χ0) is 47.2. The van der Waals surface area contributed by atoms with Gasteiger partial charge in [-0.25, -0.2) is 0 Å². The highest BCUT2D eigenvalue weighted by atomic mass is 16.6. The minimum absolute atomic E-state index is 0.0916. The van der Waals surface area contributed by atoms with Crippen molar-refractivity contribution in [1.29, 1.82) is 0 Å². The maximum Gasteiger partial charge on any atom is 0.306 e. The van der Waals surface area contributed by atoms with E-state index in [4.69, 9.17) is 14.2 Å². The van der Waals surface area contributed by atoms with Gasteiger partial charge in [-0.05, 0) is 96.3 Å². The number of unbranched alkanes of at least 4 members (excludes halogenated alkanes) is 23. The summed E-state index contributed by atoms with van der Waals surface area (Å²) in [4.78, 5) is 38.0. The van der Waals surface area contributed by atoms with Crippen molar-refractivity contribution in [3.05, 3.63) is 85.1 Å². The summed E-state index contributed by atoms with van der Waals surface area (Å²) in [6.45, 7) is 6.46. The Labute approximate surface area is 401 Å². The molecular weight excluding hydrogens is 805 g/mol. The van der Waals surface area contributed by atoms with Crippen LogP contribution in [0.2, 0.25) is 0 Å². The van der Waals surface area contributed by atoms with E-state index in [-0.39, 0.29) is 31.1 Å². The summed E-state index contributed by atoms with van der Waals surface area (Å²) in [6.07, 6.45) is 68.5. The molecule has 0 aromatic carbocycles. The molecule has 6 heteroatoms. The molecular formula is C59H100O6. The van der Waals surface area contributed by atoms with Crippen molar-refractivity contribution in [2.24, 2.45) is 0 Å². The van der Waals surface area contributed by atoms with Crippen LogP contribution >= 0.6 is 0 Å². The molecule has 1 atom stereocenters. The molecule has 0 fully saturated rings. The van der Waals surface area contributed by atoms with E-state index < -0.39 is 6.10 Å². The highest BCUT2D eigenvalue weighted by Gasteiger charge is 2.19. The predicted octanol–water partition coefficient (Wildman–Crippen LogP) is 18.0. The third kappa shape index (κ3) is 51.4. The molecule has 372 valence electrons. The largest absolute Gasteiger partial charge is 0.462 e. The van der Waals surface area contributed by atoms with Crippen LogP contribution in [0.15, 0.2) is 85.1 Å². The fraction of sp³-hybridized carbons (Fsp3) is 0.712. The first-order valence-corrected chi connectivity index (χ1v) is 27.1. The monoisotopic (exact) mass is 905 g/mol. The Morgan fingerprint density at radius 3 is 0.985 bits per heavy atom. The molecule has 0 aliphatic rings. The lowest BCUT2D eigenvalue weighted by atomic mass is 10.0. The van der Waals surface area contributed by atoms with Gasteiger partial charge in [0, 0.05) is 19.3 Å². The second-order valence-corrected chi connectivity index (χ2v) is 17.8. The van der Waals surface area contributed by atoms with Gasteiger partial charge in [-0.15, -0.1) is 0 Å². The number of esters is 3. The van der Waals surface area contributed by atoms with Crippen LogP contribution in [0.4, 0.5) is 0 Å². The SMILES string of the molecule is CC/C=C\C/C=C\C/C=C\C/C=C\C/C=C\CCCCCC(=O)OC[C@@H](COC(=O)CCCCCCCCCCCCCCC)OC(=O)CCCCCCC/C=C\C/C=C\CCCCC. The first-order valence-electron chi connectivity index (χ1n) is 27.1. The summed E-state index contributed by atoms with van der Waals surface area (Å²) in [5.41, 5.74) is 0. The van der Waals surface area contributed by atoms with Crippen LogP contribution in [0.1, 0.15) is 252 Å². The molecule has 0 spiro atoms. The lowest BCUT2D eigenvalue weighted by molar-refractivity contribution is -0.167. The van der Waals surface area contributed by atoms with Gasteiger partial charge in [-0.2, -0.15) is 0 Å². The van der Waals surface area contributed by atoms with Crippen LogP contribution < -0.4 is 0 Å². The molecule has 0 amide bonds. The molecule has 0 unspecified atom stereocenters. The summed E-state index contributed by atoms with van der Waals surface area (Å²) in [6, 6.07) is 0. The predicted molar refractivity (Wildman–Crippen MR) is 279 cm³/mol. The summed E-state index contributed by atoms with van der Waals surface area (Å²) in [5, 5.41) is 0. The normalized spacial score (nSPS) is 12.7.